The number of hydrogen-bond donors (Lipinski definition) is 1. The van der Waals surface area contributed by atoms with Crippen molar-refractivity contribution < 1.29 is 4.79 Å². The average molecular weight is 276 g/mol. The smallest absolute Gasteiger partial charge is 0.264 e. The van der Waals surface area contributed by atoms with Crippen molar-refractivity contribution in [3.05, 3.63) is 21.4 Å². The first-order chi connectivity index (χ1) is 9.33. The molecule has 1 N–H and O–H groups in total. The lowest BCUT2D eigenvalue weighted by atomic mass is 9.99. The Labute approximate surface area is 118 Å². The standard InChI is InChI=1S/C15H20N2OS/c18-15(17-6-5-11-8-16-9-12(11)17)14-7-10-3-1-2-4-13(10)19-14/h7,11-12,16H,1-6,8-9H2/t11-,12+/m0/s1. The fourth-order valence-electron chi connectivity index (χ4n) is 3.84. The van der Waals surface area contributed by atoms with E-state index < -0.39 is 0 Å². The Bertz CT molecular complexity index is 487. The molecule has 4 heteroatoms. The van der Waals surface area contributed by atoms with Gasteiger partial charge in [-0.2, -0.15) is 0 Å². The summed E-state index contributed by atoms with van der Waals surface area (Å²) in [5.74, 6) is 0.981. The summed E-state index contributed by atoms with van der Waals surface area (Å²) in [5, 5.41) is 3.42. The Balaban J connectivity index is 1.58. The second-order valence-corrected chi connectivity index (χ2v) is 7.18. The lowest BCUT2D eigenvalue weighted by molar-refractivity contribution is 0.0742. The minimum absolute atomic E-state index is 0.288. The second-order valence-electron chi connectivity index (χ2n) is 6.04. The van der Waals surface area contributed by atoms with Crippen molar-refractivity contribution in [3.63, 3.8) is 0 Å². The molecule has 2 aliphatic heterocycles. The molecule has 2 atom stereocenters. The molecule has 4 rings (SSSR count). The van der Waals surface area contributed by atoms with Gasteiger partial charge < -0.3 is 10.2 Å². The average Bonchev–Trinajstić information content (AvgIpc) is 3.12. The molecule has 3 heterocycles. The molecular formula is C15H20N2OS. The van der Waals surface area contributed by atoms with Gasteiger partial charge in [-0.15, -0.1) is 11.3 Å². The zero-order chi connectivity index (χ0) is 12.8. The van der Waals surface area contributed by atoms with Crippen molar-refractivity contribution in [2.75, 3.05) is 19.6 Å². The molecule has 2 fully saturated rings. The summed E-state index contributed by atoms with van der Waals surface area (Å²) in [6.07, 6.45) is 6.11. The van der Waals surface area contributed by atoms with Gasteiger partial charge in [0, 0.05) is 30.6 Å². The van der Waals surface area contributed by atoms with Gasteiger partial charge in [0.05, 0.1) is 4.88 Å². The highest BCUT2D eigenvalue weighted by Gasteiger charge is 2.40. The molecule has 2 saturated heterocycles. The van der Waals surface area contributed by atoms with Crippen LogP contribution in [0.2, 0.25) is 0 Å². The zero-order valence-corrected chi connectivity index (χ0v) is 12.0. The third-order valence-corrected chi connectivity index (χ3v) is 6.14. The summed E-state index contributed by atoms with van der Waals surface area (Å²) >= 11 is 1.75. The number of carbonyl (C=O) groups is 1. The summed E-state index contributed by atoms with van der Waals surface area (Å²) in [5.41, 5.74) is 1.44. The highest BCUT2D eigenvalue weighted by molar-refractivity contribution is 7.14. The minimum Gasteiger partial charge on any atom is -0.333 e. The first-order valence-corrected chi connectivity index (χ1v) is 8.28. The van der Waals surface area contributed by atoms with Crippen molar-refractivity contribution in [1.82, 2.24) is 10.2 Å². The van der Waals surface area contributed by atoms with Crippen LogP contribution in [0.15, 0.2) is 6.07 Å². The van der Waals surface area contributed by atoms with E-state index in [0.29, 0.717) is 12.0 Å². The summed E-state index contributed by atoms with van der Waals surface area (Å²) in [6.45, 7) is 3.04. The van der Waals surface area contributed by atoms with E-state index in [1.54, 1.807) is 11.3 Å². The maximum absolute atomic E-state index is 12.7. The lowest BCUT2D eigenvalue weighted by Crippen LogP contribution is -2.38. The third kappa shape index (κ3) is 1.93. The van der Waals surface area contributed by atoms with Gasteiger partial charge in [-0.05, 0) is 49.7 Å². The van der Waals surface area contributed by atoms with E-state index in [4.69, 9.17) is 0 Å². The number of fused-ring (bicyclic) bond motifs is 2. The number of carbonyl (C=O) groups excluding carboxylic acids is 1. The molecule has 0 unspecified atom stereocenters. The highest BCUT2D eigenvalue weighted by Crippen LogP contribution is 2.33. The molecule has 0 aromatic carbocycles. The highest BCUT2D eigenvalue weighted by atomic mass is 32.1. The van der Waals surface area contributed by atoms with Crippen molar-refractivity contribution in [1.29, 1.82) is 0 Å². The van der Waals surface area contributed by atoms with Gasteiger partial charge in [-0.1, -0.05) is 0 Å². The molecule has 0 saturated carbocycles. The Morgan fingerprint density at radius 3 is 3.11 bits per heavy atom. The van der Waals surface area contributed by atoms with Crippen LogP contribution in [-0.4, -0.2) is 36.5 Å². The Hall–Kier alpha value is -0.870. The molecule has 0 radical (unpaired) electrons. The van der Waals surface area contributed by atoms with Crippen molar-refractivity contribution >= 4 is 17.2 Å². The first-order valence-electron chi connectivity index (χ1n) is 7.46. The van der Waals surface area contributed by atoms with Crippen LogP contribution < -0.4 is 5.32 Å². The van der Waals surface area contributed by atoms with Crippen LogP contribution in [0.5, 0.6) is 0 Å². The van der Waals surface area contributed by atoms with Crippen LogP contribution in [0.25, 0.3) is 0 Å². The number of rotatable bonds is 1. The normalized spacial score (nSPS) is 29.4. The summed E-state index contributed by atoms with van der Waals surface area (Å²) in [7, 11) is 0. The number of hydrogen-bond acceptors (Lipinski definition) is 3. The van der Waals surface area contributed by atoms with Crippen LogP contribution in [0.3, 0.4) is 0 Å². The van der Waals surface area contributed by atoms with E-state index in [9.17, 15) is 4.79 Å². The summed E-state index contributed by atoms with van der Waals surface area (Å²) in [6, 6.07) is 2.63. The summed E-state index contributed by atoms with van der Waals surface area (Å²) in [4.78, 5) is 17.3. The van der Waals surface area contributed by atoms with E-state index in [1.165, 1.54) is 42.5 Å². The van der Waals surface area contributed by atoms with Crippen LogP contribution in [0.4, 0.5) is 0 Å². The molecule has 102 valence electrons. The van der Waals surface area contributed by atoms with Crippen LogP contribution in [0.1, 0.15) is 39.4 Å². The van der Waals surface area contributed by atoms with Gasteiger partial charge in [0.25, 0.3) is 5.91 Å². The topological polar surface area (TPSA) is 32.3 Å². The molecule has 1 aromatic rings. The predicted molar refractivity (Wildman–Crippen MR) is 76.8 cm³/mol. The Kier molecular flexibility index (Phi) is 2.88. The fraction of sp³-hybridized carbons (Fsp3) is 0.667. The molecule has 0 bridgehead atoms. The number of aryl methyl sites for hydroxylation is 2. The molecular weight excluding hydrogens is 256 g/mol. The first kappa shape index (κ1) is 11.9. The Morgan fingerprint density at radius 2 is 2.21 bits per heavy atom. The molecule has 3 nitrogen and oxygen atoms in total. The van der Waals surface area contributed by atoms with Crippen molar-refractivity contribution in [3.8, 4) is 0 Å². The minimum atomic E-state index is 0.288. The Morgan fingerprint density at radius 1 is 1.32 bits per heavy atom. The molecule has 0 spiro atoms. The van der Waals surface area contributed by atoms with E-state index in [2.05, 4.69) is 16.3 Å². The van der Waals surface area contributed by atoms with Gasteiger partial charge in [0.15, 0.2) is 0 Å². The van der Waals surface area contributed by atoms with Crippen LogP contribution in [0, 0.1) is 5.92 Å². The fourth-order valence-corrected chi connectivity index (χ4v) is 5.05. The SMILES string of the molecule is O=C(c1cc2c(s1)CCCC2)N1CC[C@H]2CNC[C@H]21. The number of nitrogens with one attached hydrogen (secondary N) is 1. The van der Waals surface area contributed by atoms with Gasteiger partial charge in [0.1, 0.15) is 0 Å². The van der Waals surface area contributed by atoms with Gasteiger partial charge in [0.2, 0.25) is 0 Å². The second kappa shape index (κ2) is 4.60. The van der Waals surface area contributed by atoms with Crippen LogP contribution in [-0.2, 0) is 12.8 Å². The number of thiophene rings is 1. The third-order valence-electron chi connectivity index (χ3n) is 4.91. The zero-order valence-electron chi connectivity index (χ0n) is 11.2. The van der Waals surface area contributed by atoms with Gasteiger partial charge in [-0.3, -0.25) is 4.79 Å². The number of nitrogens with zero attached hydrogens (tertiary/aromatic N) is 1. The number of amides is 1. The summed E-state index contributed by atoms with van der Waals surface area (Å²) < 4.78 is 0. The van der Waals surface area contributed by atoms with E-state index in [1.807, 2.05) is 0 Å². The molecule has 1 aromatic heterocycles. The molecule has 1 amide bonds. The quantitative estimate of drug-likeness (QED) is 0.851. The largest absolute Gasteiger partial charge is 0.333 e. The van der Waals surface area contributed by atoms with Crippen molar-refractivity contribution in [2.45, 2.75) is 38.1 Å². The molecule has 1 aliphatic carbocycles. The van der Waals surface area contributed by atoms with E-state index in [-0.39, 0.29) is 5.91 Å². The predicted octanol–water partition coefficient (Wildman–Crippen LogP) is 2.06. The van der Waals surface area contributed by atoms with Crippen molar-refractivity contribution in [2.24, 2.45) is 5.92 Å². The molecule has 3 aliphatic rings. The lowest BCUT2D eigenvalue weighted by Gasteiger charge is -2.22. The maximum Gasteiger partial charge on any atom is 0.264 e. The maximum atomic E-state index is 12.7. The number of likely N-dealkylation sites (tertiary alicyclic amines) is 1. The van der Waals surface area contributed by atoms with Gasteiger partial charge >= 0.3 is 0 Å². The molecule has 19 heavy (non-hydrogen) atoms. The van der Waals surface area contributed by atoms with Gasteiger partial charge in [-0.25, -0.2) is 0 Å². The van der Waals surface area contributed by atoms with E-state index >= 15 is 0 Å². The van der Waals surface area contributed by atoms with Crippen LogP contribution >= 0.6 is 11.3 Å². The monoisotopic (exact) mass is 276 g/mol. The van der Waals surface area contributed by atoms with E-state index in [0.717, 1.165) is 24.5 Å².